The van der Waals surface area contributed by atoms with Crippen LogP contribution in [0.2, 0.25) is 0 Å². The molecule has 2 fully saturated rings. The van der Waals surface area contributed by atoms with Gasteiger partial charge in [-0.3, -0.25) is 0 Å². The fourth-order valence-electron chi connectivity index (χ4n) is 2.84. The number of rotatable bonds is 6. The van der Waals surface area contributed by atoms with E-state index in [1.54, 1.807) is 0 Å². The molecular formula is C14H27NO2. The minimum atomic E-state index is 0.0973. The topological polar surface area (TPSA) is 30.5 Å². The molecule has 1 aliphatic carbocycles. The van der Waals surface area contributed by atoms with Crippen LogP contribution in [0.1, 0.15) is 51.9 Å². The Morgan fingerprint density at radius 1 is 1.18 bits per heavy atom. The Kier molecular flexibility index (Phi) is 5.26. The second kappa shape index (κ2) is 6.72. The summed E-state index contributed by atoms with van der Waals surface area (Å²) in [6.07, 6.45) is 9.39. The Hall–Kier alpha value is -0.120. The van der Waals surface area contributed by atoms with Gasteiger partial charge in [0.15, 0.2) is 0 Å². The van der Waals surface area contributed by atoms with Gasteiger partial charge in [0.2, 0.25) is 0 Å². The summed E-state index contributed by atoms with van der Waals surface area (Å²) in [4.78, 5) is 0. The minimum Gasteiger partial charge on any atom is -0.376 e. The van der Waals surface area contributed by atoms with Crippen molar-refractivity contribution in [3.63, 3.8) is 0 Å². The van der Waals surface area contributed by atoms with Crippen molar-refractivity contribution in [2.75, 3.05) is 26.3 Å². The fourth-order valence-corrected chi connectivity index (χ4v) is 2.84. The number of hydrogen-bond acceptors (Lipinski definition) is 3. The van der Waals surface area contributed by atoms with E-state index in [2.05, 4.69) is 12.2 Å². The van der Waals surface area contributed by atoms with E-state index in [0.29, 0.717) is 6.10 Å². The van der Waals surface area contributed by atoms with E-state index < -0.39 is 0 Å². The molecule has 0 unspecified atom stereocenters. The lowest BCUT2D eigenvalue weighted by Gasteiger charge is -2.40. The van der Waals surface area contributed by atoms with Crippen LogP contribution in [0.3, 0.4) is 0 Å². The van der Waals surface area contributed by atoms with Crippen molar-refractivity contribution in [1.82, 2.24) is 5.32 Å². The normalized spacial score (nSPS) is 25.2. The molecular weight excluding hydrogens is 214 g/mol. The molecule has 0 bridgehead atoms. The van der Waals surface area contributed by atoms with Crippen LogP contribution in [0.15, 0.2) is 0 Å². The zero-order valence-electron chi connectivity index (χ0n) is 11.2. The summed E-state index contributed by atoms with van der Waals surface area (Å²) in [6, 6.07) is 0. The van der Waals surface area contributed by atoms with Gasteiger partial charge in [-0.05, 0) is 25.8 Å². The molecule has 1 N–H and O–H groups in total. The van der Waals surface area contributed by atoms with Gasteiger partial charge in [0, 0.05) is 6.54 Å². The van der Waals surface area contributed by atoms with Crippen LogP contribution < -0.4 is 5.32 Å². The van der Waals surface area contributed by atoms with E-state index in [0.717, 1.165) is 26.3 Å². The third-order valence-electron chi connectivity index (χ3n) is 3.91. The Morgan fingerprint density at radius 3 is 2.41 bits per heavy atom. The number of hydrogen-bond donors (Lipinski definition) is 1. The molecule has 0 amide bonds. The smallest absolute Gasteiger partial charge is 0.105 e. The molecule has 2 rings (SSSR count). The van der Waals surface area contributed by atoms with Gasteiger partial charge in [0.25, 0.3) is 0 Å². The first-order valence-electron chi connectivity index (χ1n) is 7.31. The van der Waals surface area contributed by atoms with Crippen LogP contribution in [0.5, 0.6) is 0 Å². The Morgan fingerprint density at radius 2 is 1.88 bits per heavy atom. The molecule has 0 aromatic carbocycles. The van der Waals surface area contributed by atoms with Crippen molar-refractivity contribution < 1.29 is 9.47 Å². The molecule has 0 radical (unpaired) electrons. The number of nitrogens with one attached hydrogen (secondary N) is 1. The molecule has 2 aliphatic rings. The van der Waals surface area contributed by atoms with Gasteiger partial charge in [-0.1, -0.05) is 32.6 Å². The highest BCUT2D eigenvalue weighted by Crippen LogP contribution is 2.32. The van der Waals surface area contributed by atoms with Gasteiger partial charge in [0.1, 0.15) is 6.10 Å². The second-order valence-electron chi connectivity index (χ2n) is 5.55. The monoisotopic (exact) mass is 241 g/mol. The van der Waals surface area contributed by atoms with Crippen molar-refractivity contribution in [3.05, 3.63) is 0 Å². The van der Waals surface area contributed by atoms with E-state index in [-0.39, 0.29) is 5.60 Å². The maximum Gasteiger partial charge on any atom is 0.105 e. The molecule has 0 atom stereocenters. The molecule has 17 heavy (non-hydrogen) atoms. The molecule has 0 aromatic rings. The molecule has 0 aromatic heterocycles. The summed E-state index contributed by atoms with van der Waals surface area (Å²) < 4.78 is 11.6. The van der Waals surface area contributed by atoms with Crippen molar-refractivity contribution in [2.45, 2.75) is 63.6 Å². The first kappa shape index (κ1) is 13.3. The highest BCUT2D eigenvalue weighted by Gasteiger charge is 2.36. The molecule has 1 heterocycles. The van der Waals surface area contributed by atoms with Gasteiger partial charge in [-0.25, -0.2) is 0 Å². The second-order valence-corrected chi connectivity index (χ2v) is 5.55. The van der Waals surface area contributed by atoms with Gasteiger partial charge >= 0.3 is 0 Å². The zero-order valence-corrected chi connectivity index (χ0v) is 11.2. The molecule has 3 nitrogen and oxygen atoms in total. The summed E-state index contributed by atoms with van der Waals surface area (Å²) in [5.74, 6) is 0. The van der Waals surface area contributed by atoms with E-state index in [1.807, 2.05) is 0 Å². The molecule has 1 aliphatic heterocycles. The van der Waals surface area contributed by atoms with Crippen LogP contribution in [0, 0.1) is 0 Å². The number of ether oxygens (including phenoxy) is 2. The molecule has 0 spiro atoms. The SMILES string of the molecule is CCCNCC1(OC2COC2)CCCCCC1. The lowest BCUT2D eigenvalue weighted by atomic mass is 9.93. The molecule has 3 heteroatoms. The predicted octanol–water partition coefficient (Wildman–Crippen LogP) is 2.49. The quantitative estimate of drug-likeness (QED) is 0.572. The lowest BCUT2D eigenvalue weighted by molar-refractivity contribution is -0.195. The fraction of sp³-hybridized carbons (Fsp3) is 1.00. The van der Waals surface area contributed by atoms with Gasteiger partial charge in [0.05, 0.1) is 18.8 Å². The van der Waals surface area contributed by atoms with Crippen molar-refractivity contribution in [3.8, 4) is 0 Å². The van der Waals surface area contributed by atoms with Crippen LogP contribution in [-0.4, -0.2) is 38.0 Å². The van der Waals surface area contributed by atoms with Gasteiger partial charge < -0.3 is 14.8 Å². The van der Waals surface area contributed by atoms with Crippen LogP contribution >= 0.6 is 0 Å². The first-order valence-corrected chi connectivity index (χ1v) is 7.31. The van der Waals surface area contributed by atoms with Crippen molar-refractivity contribution in [2.24, 2.45) is 0 Å². The summed E-state index contributed by atoms with van der Waals surface area (Å²) in [5, 5.41) is 3.56. The Labute approximate surface area is 105 Å². The molecule has 100 valence electrons. The van der Waals surface area contributed by atoms with E-state index in [4.69, 9.17) is 9.47 Å². The molecule has 1 saturated heterocycles. The van der Waals surface area contributed by atoms with E-state index in [9.17, 15) is 0 Å². The summed E-state index contributed by atoms with van der Waals surface area (Å²) >= 11 is 0. The summed E-state index contributed by atoms with van der Waals surface area (Å²) in [7, 11) is 0. The zero-order chi connectivity index (χ0) is 12.0. The lowest BCUT2D eigenvalue weighted by Crippen LogP contribution is -2.50. The minimum absolute atomic E-state index is 0.0973. The summed E-state index contributed by atoms with van der Waals surface area (Å²) in [5.41, 5.74) is 0.0973. The average molecular weight is 241 g/mol. The summed E-state index contributed by atoms with van der Waals surface area (Å²) in [6.45, 7) is 5.95. The maximum atomic E-state index is 6.35. The highest BCUT2D eigenvalue weighted by atomic mass is 16.6. The van der Waals surface area contributed by atoms with Gasteiger partial charge in [-0.15, -0.1) is 0 Å². The van der Waals surface area contributed by atoms with Crippen LogP contribution in [0.25, 0.3) is 0 Å². The largest absolute Gasteiger partial charge is 0.376 e. The predicted molar refractivity (Wildman–Crippen MR) is 69.3 cm³/mol. The first-order chi connectivity index (χ1) is 8.35. The Bertz CT molecular complexity index is 208. The standard InChI is InChI=1S/C14H27NO2/c1-2-9-15-12-14(17-13-10-16-11-13)7-5-3-4-6-8-14/h13,15H,2-12H2,1H3. The third-order valence-corrected chi connectivity index (χ3v) is 3.91. The average Bonchev–Trinajstić information content (AvgIpc) is 2.51. The third kappa shape index (κ3) is 3.94. The highest BCUT2D eigenvalue weighted by molar-refractivity contribution is 4.88. The van der Waals surface area contributed by atoms with E-state index in [1.165, 1.54) is 44.9 Å². The van der Waals surface area contributed by atoms with Crippen LogP contribution in [0.4, 0.5) is 0 Å². The van der Waals surface area contributed by atoms with Gasteiger partial charge in [-0.2, -0.15) is 0 Å². The van der Waals surface area contributed by atoms with Crippen LogP contribution in [-0.2, 0) is 9.47 Å². The Balaban J connectivity index is 1.87. The van der Waals surface area contributed by atoms with E-state index >= 15 is 0 Å². The van der Waals surface area contributed by atoms with Crippen molar-refractivity contribution >= 4 is 0 Å². The van der Waals surface area contributed by atoms with Crippen molar-refractivity contribution in [1.29, 1.82) is 0 Å². The maximum absolute atomic E-state index is 6.35. The molecule has 1 saturated carbocycles.